The molecule has 1 aromatic rings. The van der Waals surface area contributed by atoms with Gasteiger partial charge in [-0.25, -0.2) is 0 Å². The van der Waals surface area contributed by atoms with E-state index in [1.165, 1.54) is 16.8 Å². The van der Waals surface area contributed by atoms with Gasteiger partial charge in [0.1, 0.15) is 0 Å². The number of hydrogen-bond donors (Lipinski definition) is 2. The van der Waals surface area contributed by atoms with E-state index in [-0.39, 0.29) is 0 Å². The Hall–Kier alpha value is -1.02. The predicted octanol–water partition coefficient (Wildman–Crippen LogP) is 1.94. The normalized spacial score (nSPS) is 21.5. The third-order valence-corrected chi connectivity index (χ3v) is 3.10. The van der Waals surface area contributed by atoms with Crippen molar-refractivity contribution in [3.63, 3.8) is 0 Å². The lowest BCUT2D eigenvalue weighted by atomic mass is 10.0. The maximum Gasteiger partial charge on any atom is 0.0452 e. The molecule has 0 aliphatic carbocycles. The van der Waals surface area contributed by atoms with Crippen LogP contribution in [0, 0.1) is 6.92 Å². The highest BCUT2D eigenvalue weighted by atomic mass is 15.0. The van der Waals surface area contributed by atoms with Gasteiger partial charge in [-0.05, 0) is 38.9 Å². The first-order chi connectivity index (χ1) is 6.70. The van der Waals surface area contributed by atoms with Crippen molar-refractivity contribution in [1.29, 1.82) is 0 Å². The third kappa shape index (κ3) is 1.62. The average molecular weight is 190 g/mol. The van der Waals surface area contributed by atoms with Crippen LogP contribution >= 0.6 is 0 Å². The first-order valence-electron chi connectivity index (χ1n) is 5.24. The van der Waals surface area contributed by atoms with Crippen molar-refractivity contribution in [2.45, 2.75) is 32.4 Å². The van der Waals surface area contributed by atoms with E-state index in [1.54, 1.807) is 0 Å². The highest BCUT2D eigenvalue weighted by Gasteiger charge is 2.24. The van der Waals surface area contributed by atoms with Crippen molar-refractivity contribution < 1.29 is 0 Å². The van der Waals surface area contributed by atoms with Gasteiger partial charge < -0.3 is 10.6 Å². The largest absolute Gasteiger partial charge is 0.380 e. The summed E-state index contributed by atoms with van der Waals surface area (Å²) in [5, 5.41) is 6.84. The standard InChI is InChI=1S/C12H18N2/c1-8-4-5-11-10(6-8)7-12(14-11)9(2)13-3/h4-6,9,12-14H,7H2,1-3H3. The summed E-state index contributed by atoms with van der Waals surface area (Å²) < 4.78 is 0. The Bertz CT molecular complexity index is 333. The van der Waals surface area contributed by atoms with Gasteiger partial charge in [-0.1, -0.05) is 17.7 Å². The summed E-state index contributed by atoms with van der Waals surface area (Å²) in [6.45, 7) is 4.37. The van der Waals surface area contributed by atoms with Gasteiger partial charge >= 0.3 is 0 Å². The van der Waals surface area contributed by atoms with Gasteiger partial charge in [0, 0.05) is 17.8 Å². The van der Waals surface area contributed by atoms with Gasteiger partial charge in [-0.3, -0.25) is 0 Å². The molecule has 0 aromatic heterocycles. The second kappa shape index (κ2) is 3.62. The van der Waals surface area contributed by atoms with Crippen molar-refractivity contribution in [1.82, 2.24) is 5.32 Å². The van der Waals surface area contributed by atoms with Gasteiger partial charge in [0.2, 0.25) is 0 Å². The summed E-state index contributed by atoms with van der Waals surface area (Å²) >= 11 is 0. The van der Waals surface area contributed by atoms with Crippen LogP contribution in [0.5, 0.6) is 0 Å². The van der Waals surface area contributed by atoms with Crippen LogP contribution in [0.3, 0.4) is 0 Å². The molecule has 0 radical (unpaired) electrons. The molecular formula is C12H18N2. The Morgan fingerprint density at radius 1 is 1.50 bits per heavy atom. The quantitative estimate of drug-likeness (QED) is 0.744. The Kier molecular flexibility index (Phi) is 2.46. The number of rotatable bonds is 2. The number of fused-ring (bicyclic) bond motifs is 1. The molecule has 1 aliphatic rings. The van der Waals surface area contributed by atoms with E-state index in [1.807, 2.05) is 7.05 Å². The minimum absolute atomic E-state index is 0.516. The van der Waals surface area contributed by atoms with Gasteiger partial charge in [-0.2, -0.15) is 0 Å². The van der Waals surface area contributed by atoms with E-state index < -0.39 is 0 Å². The van der Waals surface area contributed by atoms with E-state index in [4.69, 9.17) is 0 Å². The first kappa shape index (κ1) is 9.53. The van der Waals surface area contributed by atoms with Crippen LogP contribution in [0.25, 0.3) is 0 Å². The monoisotopic (exact) mass is 190 g/mol. The first-order valence-corrected chi connectivity index (χ1v) is 5.24. The van der Waals surface area contributed by atoms with Crippen molar-refractivity contribution in [2.75, 3.05) is 12.4 Å². The number of hydrogen-bond acceptors (Lipinski definition) is 2. The second-order valence-electron chi connectivity index (χ2n) is 4.19. The maximum atomic E-state index is 3.55. The Balaban J connectivity index is 2.17. The fourth-order valence-electron chi connectivity index (χ4n) is 2.02. The highest BCUT2D eigenvalue weighted by molar-refractivity contribution is 5.58. The molecule has 0 amide bonds. The molecule has 0 saturated carbocycles. The molecule has 1 heterocycles. The summed E-state index contributed by atoms with van der Waals surface area (Å²) in [4.78, 5) is 0. The number of anilines is 1. The van der Waals surface area contributed by atoms with Gasteiger partial charge in [-0.15, -0.1) is 0 Å². The van der Waals surface area contributed by atoms with Crippen LogP contribution in [0.15, 0.2) is 18.2 Å². The topological polar surface area (TPSA) is 24.1 Å². The lowest BCUT2D eigenvalue weighted by Crippen LogP contribution is -2.38. The van der Waals surface area contributed by atoms with Gasteiger partial charge in [0.15, 0.2) is 0 Å². The molecule has 1 aromatic carbocycles. The molecule has 2 N–H and O–H groups in total. The summed E-state index contributed by atoms with van der Waals surface area (Å²) in [5.41, 5.74) is 4.11. The average Bonchev–Trinajstić information content (AvgIpc) is 2.59. The zero-order valence-corrected chi connectivity index (χ0v) is 9.09. The smallest absolute Gasteiger partial charge is 0.0452 e. The molecule has 2 rings (SSSR count). The molecule has 2 heteroatoms. The summed E-state index contributed by atoms with van der Waals surface area (Å²) in [5.74, 6) is 0. The van der Waals surface area contributed by atoms with E-state index in [2.05, 4.69) is 42.7 Å². The van der Waals surface area contributed by atoms with Crippen LogP contribution in [0.4, 0.5) is 5.69 Å². The zero-order chi connectivity index (χ0) is 10.1. The summed E-state index contributed by atoms with van der Waals surface area (Å²) in [6, 6.07) is 7.69. The molecule has 0 spiro atoms. The van der Waals surface area contributed by atoms with Gasteiger partial charge in [0.25, 0.3) is 0 Å². The maximum absolute atomic E-state index is 3.55. The number of benzene rings is 1. The van der Waals surface area contributed by atoms with Crippen molar-refractivity contribution >= 4 is 5.69 Å². The molecule has 2 atom stereocenters. The minimum Gasteiger partial charge on any atom is -0.380 e. The van der Waals surface area contributed by atoms with Crippen LogP contribution in [-0.2, 0) is 6.42 Å². The fourth-order valence-corrected chi connectivity index (χ4v) is 2.02. The third-order valence-electron chi connectivity index (χ3n) is 3.10. The lowest BCUT2D eigenvalue weighted by Gasteiger charge is -2.18. The Labute approximate surface area is 85.7 Å². The number of nitrogens with one attached hydrogen (secondary N) is 2. The highest BCUT2D eigenvalue weighted by Crippen LogP contribution is 2.27. The van der Waals surface area contributed by atoms with Crippen molar-refractivity contribution in [3.8, 4) is 0 Å². The van der Waals surface area contributed by atoms with E-state index in [0.29, 0.717) is 12.1 Å². The van der Waals surface area contributed by atoms with Crippen LogP contribution in [-0.4, -0.2) is 19.1 Å². The Morgan fingerprint density at radius 3 is 3.00 bits per heavy atom. The molecule has 1 aliphatic heterocycles. The molecule has 76 valence electrons. The molecule has 2 unspecified atom stereocenters. The second-order valence-corrected chi connectivity index (χ2v) is 4.19. The molecule has 0 fully saturated rings. The lowest BCUT2D eigenvalue weighted by molar-refractivity contribution is 0.527. The fraction of sp³-hybridized carbons (Fsp3) is 0.500. The van der Waals surface area contributed by atoms with E-state index in [0.717, 1.165) is 6.42 Å². The SMILES string of the molecule is CNC(C)C1Cc2cc(C)ccc2N1. The molecule has 0 saturated heterocycles. The van der Waals surface area contributed by atoms with Crippen LogP contribution in [0.1, 0.15) is 18.1 Å². The van der Waals surface area contributed by atoms with E-state index in [9.17, 15) is 0 Å². The minimum atomic E-state index is 0.516. The van der Waals surface area contributed by atoms with Crippen molar-refractivity contribution in [2.24, 2.45) is 0 Å². The molecular weight excluding hydrogens is 172 g/mol. The molecule has 14 heavy (non-hydrogen) atoms. The van der Waals surface area contributed by atoms with Crippen molar-refractivity contribution in [3.05, 3.63) is 29.3 Å². The zero-order valence-electron chi connectivity index (χ0n) is 9.09. The van der Waals surface area contributed by atoms with Crippen LogP contribution < -0.4 is 10.6 Å². The number of aryl methyl sites for hydroxylation is 1. The Morgan fingerprint density at radius 2 is 2.29 bits per heavy atom. The molecule has 2 nitrogen and oxygen atoms in total. The summed E-state index contributed by atoms with van der Waals surface area (Å²) in [7, 11) is 2.01. The van der Waals surface area contributed by atoms with E-state index >= 15 is 0 Å². The predicted molar refractivity (Wildman–Crippen MR) is 60.8 cm³/mol. The van der Waals surface area contributed by atoms with Crippen LogP contribution in [0.2, 0.25) is 0 Å². The van der Waals surface area contributed by atoms with Gasteiger partial charge in [0.05, 0.1) is 0 Å². The number of likely N-dealkylation sites (N-methyl/N-ethyl adjacent to an activating group) is 1. The summed E-state index contributed by atoms with van der Waals surface area (Å²) in [6.07, 6.45) is 1.14. The molecule has 0 bridgehead atoms.